The molecule has 1 aliphatic carbocycles. The van der Waals surface area contributed by atoms with Gasteiger partial charge in [0.25, 0.3) is 11.8 Å². The summed E-state index contributed by atoms with van der Waals surface area (Å²) in [6.45, 7) is 0.595. The predicted octanol–water partition coefficient (Wildman–Crippen LogP) is 1.32. The van der Waals surface area contributed by atoms with Crippen LogP contribution in [0.1, 0.15) is 106 Å². The fraction of sp³-hybridized carbons (Fsp3) is 0.639. The summed E-state index contributed by atoms with van der Waals surface area (Å²) in [5.74, 6) is -2.59. The van der Waals surface area contributed by atoms with Crippen molar-refractivity contribution in [3.63, 3.8) is 0 Å². The first-order valence-electron chi connectivity index (χ1n) is 18.5. The summed E-state index contributed by atoms with van der Waals surface area (Å²) in [6.07, 6.45) is 11.8. The van der Waals surface area contributed by atoms with E-state index < -0.39 is 57.1 Å². The number of sulfone groups is 1. The summed E-state index contributed by atoms with van der Waals surface area (Å²) in [5.41, 5.74) is 4.36. The van der Waals surface area contributed by atoms with Gasteiger partial charge >= 0.3 is 0 Å². The van der Waals surface area contributed by atoms with Gasteiger partial charge in [0, 0.05) is 37.8 Å². The molecule has 0 radical (unpaired) electrons. The summed E-state index contributed by atoms with van der Waals surface area (Å²) in [4.78, 5) is 65.9. The first-order valence-corrected chi connectivity index (χ1v) is 20.4. The number of aliphatic hydroxyl groups is 1. The van der Waals surface area contributed by atoms with Crippen molar-refractivity contribution in [3.8, 4) is 0 Å². The molecule has 1 saturated carbocycles. The number of nitrogens with zero attached hydrogens (tertiary/aromatic N) is 4. The molecule has 0 spiro atoms. The highest BCUT2D eigenvalue weighted by molar-refractivity contribution is 7.90. The zero-order chi connectivity index (χ0) is 38.2. The SMILES string of the molecule is CS(=O)(=O)c1ccc(C(=O)N[C@H](CC2CCCCC2)C(=O)N2C[C@@H](n3nncc3C3(O)COC3)C[C@H]2C(=O)NCCCCCCCC(=O)C(N)=O)cc1. The molecular formula is C36H51N7O9S. The Hall–Kier alpha value is -4.22. The van der Waals surface area contributed by atoms with E-state index in [1.165, 1.54) is 35.4 Å². The van der Waals surface area contributed by atoms with Crippen LogP contribution in [-0.2, 0) is 39.4 Å². The summed E-state index contributed by atoms with van der Waals surface area (Å²) in [6, 6.07) is 3.21. The van der Waals surface area contributed by atoms with Gasteiger partial charge in [0.1, 0.15) is 12.1 Å². The predicted molar refractivity (Wildman–Crippen MR) is 191 cm³/mol. The van der Waals surface area contributed by atoms with Crippen molar-refractivity contribution < 1.29 is 42.2 Å². The van der Waals surface area contributed by atoms with E-state index in [2.05, 4.69) is 20.9 Å². The van der Waals surface area contributed by atoms with Gasteiger partial charge in [0.2, 0.25) is 17.6 Å². The van der Waals surface area contributed by atoms with Gasteiger partial charge in [0.05, 0.1) is 36.0 Å². The smallest absolute Gasteiger partial charge is 0.284 e. The number of ether oxygens (including phenoxy) is 1. The van der Waals surface area contributed by atoms with Gasteiger partial charge in [-0.1, -0.05) is 56.6 Å². The van der Waals surface area contributed by atoms with Crippen LogP contribution in [0.3, 0.4) is 0 Å². The molecule has 290 valence electrons. The number of unbranched alkanes of at least 4 members (excludes halogenated alkanes) is 4. The number of hydrogen-bond donors (Lipinski definition) is 4. The van der Waals surface area contributed by atoms with Crippen LogP contribution in [-0.4, -0.2) is 107 Å². The minimum absolute atomic E-state index is 0.0712. The second-order valence-electron chi connectivity index (χ2n) is 14.6. The van der Waals surface area contributed by atoms with Crippen molar-refractivity contribution in [3.05, 3.63) is 41.7 Å². The third kappa shape index (κ3) is 10.3. The first kappa shape index (κ1) is 40.0. The standard InChI is InChI=1S/C36H51N7O9S/c1-53(50,51)27-15-13-25(14-16-27)33(46)40-28(18-24-10-6-5-7-11-24)35(48)42-21-26(43-31(20-39-41-43)36(49)22-52-23-36)19-29(42)34(47)38-17-9-4-2-3-8-12-30(44)32(37)45/h13-16,20,24,26,28-29,49H,2-12,17-19,21-23H2,1H3,(H2,37,45)(H,38,47)(H,40,46)/t26-,28+,29-/m0/s1. The maximum Gasteiger partial charge on any atom is 0.284 e. The van der Waals surface area contributed by atoms with E-state index >= 15 is 0 Å². The van der Waals surface area contributed by atoms with Gasteiger partial charge in [-0.3, -0.25) is 24.0 Å². The molecule has 1 aromatic carbocycles. The molecular weight excluding hydrogens is 707 g/mol. The zero-order valence-electron chi connectivity index (χ0n) is 30.2. The molecule has 2 saturated heterocycles. The van der Waals surface area contributed by atoms with Crippen LogP contribution in [0.5, 0.6) is 0 Å². The molecule has 1 aromatic heterocycles. The van der Waals surface area contributed by atoms with Crippen LogP contribution in [0, 0.1) is 5.92 Å². The molecule has 5 rings (SSSR count). The lowest BCUT2D eigenvalue weighted by atomic mass is 9.84. The van der Waals surface area contributed by atoms with E-state index in [0.29, 0.717) is 31.5 Å². The van der Waals surface area contributed by atoms with E-state index in [4.69, 9.17) is 10.5 Å². The Morgan fingerprint density at radius 1 is 1.02 bits per heavy atom. The van der Waals surface area contributed by atoms with Gasteiger partial charge in [-0.25, -0.2) is 13.1 Å². The number of ketones is 1. The summed E-state index contributed by atoms with van der Waals surface area (Å²) >= 11 is 0. The third-order valence-corrected chi connectivity index (χ3v) is 11.7. The molecule has 2 aliphatic heterocycles. The number of primary amides is 1. The Kier molecular flexibility index (Phi) is 13.4. The van der Waals surface area contributed by atoms with Crippen molar-refractivity contribution in [2.24, 2.45) is 11.7 Å². The van der Waals surface area contributed by atoms with Crippen molar-refractivity contribution in [2.75, 3.05) is 32.6 Å². The van der Waals surface area contributed by atoms with Crippen LogP contribution < -0.4 is 16.4 Å². The zero-order valence-corrected chi connectivity index (χ0v) is 31.0. The second kappa shape index (κ2) is 17.7. The van der Waals surface area contributed by atoms with E-state index in [1.54, 1.807) is 4.68 Å². The Morgan fingerprint density at radius 3 is 2.34 bits per heavy atom. The van der Waals surface area contributed by atoms with Crippen LogP contribution in [0.25, 0.3) is 0 Å². The molecule has 2 aromatic rings. The van der Waals surface area contributed by atoms with Crippen molar-refractivity contribution in [1.29, 1.82) is 0 Å². The number of carbonyl (C=O) groups is 5. The number of benzene rings is 1. The number of carbonyl (C=O) groups excluding carboxylic acids is 5. The molecule has 4 amide bonds. The molecule has 5 N–H and O–H groups in total. The molecule has 53 heavy (non-hydrogen) atoms. The van der Waals surface area contributed by atoms with Gasteiger partial charge in [-0.05, 0) is 49.4 Å². The first-order chi connectivity index (χ1) is 25.3. The fourth-order valence-corrected chi connectivity index (χ4v) is 8.07. The average molecular weight is 758 g/mol. The molecule has 3 atom stereocenters. The highest BCUT2D eigenvalue weighted by atomic mass is 32.2. The Bertz CT molecular complexity index is 1740. The summed E-state index contributed by atoms with van der Waals surface area (Å²) in [7, 11) is -3.47. The molecule has 0 unspecified atom stereocenters. The number of likely N-dealkylation sites (tertiary alicyclic amines) is 1. The van der Waals surface area contributed by atoms with Gasteiger partial charge in [-0.2, -0.15) is 0 Å². The van der Waals surface area contributed by atoms with Gasteiger partial charge < -0.3 is 31.1 Å². The van der Waals surface area contributed by atoms with E-state index in [9.17, 15) is 37.5 Å². The molecule has 16 nitrogen and oxygen atoms in total. The largest absolute Gasteiger partial charge is 0.379 e. The number of aromatic nitrogens is 3. The third-order valence-electron chi connectivity index (χ3n) is 10.5. The van der Waals surface area contributed by atoms with Crippen molar-refractivity contribution in [2.45, 2.75) is 112 Å². The molecule has 17 heteroatoms. The van der Waals surface area contributed by atoms with E-state index in [0.717, 1.165) is 57.6 Å². The molecule has 3 fully saturated rings. The maximum absolute atomic E-state index is 14.6. The molecule has 0 bridgehead atoms. The van der Waals surface area contributed by atoms with E-state index in [-0.39, 0.29) is 54.9 Å². The number of amides is 4. The number of Topliss-reactive ketones (excluding diaryl/α,β-unsaturated/α-hetero) is 1. The lowest BCUT2D eigenvalue weighted by molar-refractivity contribution is -0.189. The minimum atomic E-state index is -3.47. The minimum Gasteiger partial charge on any atom is -0.379 e. The molecule has 3 aliphatic rings. The molecule has 3 heterocycles. The summed E-state index contributed by atoms with van der Waals surface area (Å²) < 4.78 is 30.8. The Balaban J connectivity index is 1.31. The van der Waals surface area contributed by atoms with Crippen LogP contribution in [0.2, 0.25) is 0 Å². The quantitative estimate of drug-likeness (QED) is 0.125. The number of nitrogens with two attached hydrogens (primary N) is 1. The van der Waals surface area contributed by atoms with Gasteiger partial charge in [-0.15, -0.1) is 5.10 Å². The lowest BCUT2D eigenvalue weighted by Gasteiger charge is -2.36. The van der Waals surface area contributed by atoms with Crippen LogP contribution in [0.15, 0.2) is 35.4 Å². The topological polar surface area (TPSA) is 233 Å². The fourth-order valence-electron chi connectivity index (χ4n) is 7.44. The number of nitrogens with one attached hydrogen (secondary N) is 2. The van der Waals surface area contributed by atoms with Crippen molar-refractivity contribution >= 4 is 39.2 Å². The van der Waals surface area contributed by atoms with Crippen molar-refractivity contribution in [1.82, 2.24) is 30.5 Å². The lowest BCUT2D eigenvalue weighted by Crippen LogP contribution is -2.54. The highest BCUT2D eigenvalue weighted by Crippen LogP contribution is 2.35. The maximum atomic E-state index is 14.6. The normalized spacial score (nSPS) is 20.7. The number of rotatable bonds is 18. The van der Waals surface area contributed by atoms with Crippen LogP contribution >= 0.6 is 0 Å². The van der Waals surface area contributed by atoms with E-state index in [1.807, 2.05) is 0 Å². The van der Waals surface area contributed by atoms with Crippen LogP contribution in [0.4, 0.5) is 0 Å². The average Bonchev–Trinajstić information content (AvgIpc) is 3.79. The number of hydrogen-bond acceptors (Lipinski definition) is 11. The monoisotopic (exact) mass is 757 g/mol. The van der Waals surface area contributed by atoms with Gasteiger partial charge in [0.15, 0.2) is 15.4 Å². The Labute approximate surface area is 309 Å². The summed E-state index contributed by atoms with van der Waals surface area (Å²) in [5, 5.41) is 25.2. The highest BCUT2D eigenvalue weighted by Gasteiger charge is 2.47. The Morgan fingerprint density at radius 2 is 1.70 bits per heavy atom. The second-order valence-corrected chi connectivity index (χ2v) is 16.7.